The number of sulfonamides is 1. The highest BCUT2D eigenvalue weighted by Crippen LogP contribution is 2.45. The van der Waals surface area contributed by atoms with Crippen LogP contribution in [0.25, 0.3) is 0 Å². The molecule has 39 heavy (non-hydrogen) atoms. The van der Waals surface area contributed by atoms with E-state index < -0.39 is 46.2 Å². The molecule has 2 fully saturated rings. The predicted octanol–water partition coefficient (Wildman–Crippen LogP) is 5.16. The van der Waals surface area contributed by atoms with Crippen LogP contribution < -0.4 is 0 Å². The molecule has 2 aliphatic rings. The molecule has 0 N–H and O–H groups in total. The van der Waals surface area contributed by atoms with Crippen LogP contribution in [-0.2, 0) is 29.1 Å². The molecule has 212 valence electrons. The SMILES string of the molecule is CCC(CS(=O)(=O)N1CCC[C@@H]1C)N1C(=O)[C@H](CC(=O)OC)O[C@H](c2cccc(Cl)c2)[C@H]1c1ccc(Cl)cc1. The Balaban J connectivity index is 1.83. The first-order valence-electron chi connectivity index (χ1n) is 13.1. The van der Waals surface area contributed by atoms with Crippen LogP contribution in [0.1, 0.15) is 62.8 Å². The Hall–Kier alpha value is -2.17. The van der Waals surface area contributed by atoms with Crippen LogP contribution in [0.5, 0.6) is 0 Å². The topological polar surface area (TPSA) is 93.2 Å². The lowest BCUT2D eigenvalue weighted by Crippen LogP contribution is -2.57. The van der Waals surface area contributed by atoms with E-state index in [2.05, 4.69) is 0 Å². The summed E-state index contributed by atoms with van der Waals surface area (Å²) in [5.41, 5.74) is 1.42. The molecule has 2 aliphatic heterocycles. The Labute approximate surface area is 240 Å². The minimum absolute atomic E-state index is 0.0914. The fourth-order valence-corrected chi connectivity index (χ4v) is 7.99. The number of methoxy groups -OCH3 is 1. The van der Waals surface area contributed by atoms with Crippen molar-refractivity contribution in [3.63, 3.8) is 0 Å². The lowest BCUT2D eigenvalue weighted by Gasteiger charge is -2.48. The largest absolute Gasteiger partial charge is 0.469 e. The third kappa shape index (κ3) is 6.60. The van der Waals surface area contributed by atoms with E-state index in [-0.39, 0.29) is 18.2 Å². The molecule has 4 rings (SSSR count). The molecule has 2 aromatic rings. The number of benzene rings is 2. The van der Waals surface area contributed by atoms with Crippen LogP contribution in [0.2, 0.25) is 10.0 Å². The van der Waals surface area contributed by atoms with Crippen molar-refractivity contribution >= 4 is 45.1 Å². The van der Waals surface area contributed by atoms with Crippen molar-refractivity contribution < 1.29 is 27.5 Å². The van der Waals surface area contributed by atoms with Gasteiger partial charge >= 0.3 is 5.97 Å². The maximum absolute atomic E-state index is 14.1. The molecule has 0 radical (unpaired) electrons. The van der Waals surface area contributed by atoms with E-state index in [9.17, 15) is 18.0 Å². The van der Waals surface area contributed by atoms with Crippen molar-refractivity contribution in [3.05, 3.63) is 69.7 Å². The van der Waals surface area contributed by atoms with Gasteiger partial charge in [0.1, 0.15) is 12.2 Å². The van der Waals surface area contributed by atoms with Gasteiger partial charge in [0.05, 0.1) is 25.3 Å². The number of nitrogens with zero attached hydrogens (tertiary/aromatic N) is 2. The van der Waals surface area contributed by atoms with Crippen molar-refractivity contribution in [3.8, 4) is 0 Å². The smallest absolute Gasteiger partial charge is 0.308 e. The number of amides is 1. The highest BCUT2D eigenvalue weighted by molar-refractivity contribution is 7.89. The quantitative estimate of drug-likeness (QED) is 0.371. The third-order valence-electron chi connectivity index (χ3n) is 7.51. The van der Waals surface area contributed by atoms with Gasteiger partial charge in [-0.25, -0.2) is 8.42 Å². The fraction of sp³-hybridized carbons (Fsp3) is 0.500. The summed E-state index contributed by atoms with van der Waals surface area (Å²) in [4.78, 5) is 28.0. The van der Waals surface area contributed by atoms with Crippen LogP contribution in [0.3, 0.4) is 0 Å². The summed E-state index contributed by atoms with van der Waals surface area (Å²) in [7, 11) is -2.43. The van der Waals surface area contributed by atoms with Gasteiger partial charge in [-0.1, -0.05) is 54.4 Å². The van der Waals surface area contributed by atoms with Crippen molar-refractivity contribution in [1.29, 1.82) is 0 Å². The Bertz CT molecular complexity index is 1290. The average Bonchev–Trinajstić information content (AvgIpc) is 3.35. The van der Waals surface area contributed by atoms with Gasteiger partial charge in [-0.2, -0.15) is 4.31 Å². The lowest BCUT2D eigenvalue weighted by atomic mass is 9.89. The molecule has 2 aromatic carbocycles. The van der Waals surface area contributed by atoms with Gasteiger partial charge in [0, 0.05) is 28.7 Å². The molecular weight excluding hydrogens is 563 g/mol. The Kier molecular flexibility index (Phi) is 9.60. The molecule has 1 unspecified atom stereocenters. The van der Waals surface area contributed by atoms with Crippen molar-refractivity contribution in [2.45, 2.75) is 69.9 Å². The summed E-state index contributed by atoms with van der Waals surface area (Å²) in [6.45, 7) is 4.23. The molecule has 11 heteroatoms. The zero-order valence-electron chi connectivity index (χ0n) is 22.3. The second-order valence-corrected chi connectivity index (χ2v) is 12.9. The number of carbonyl (C=O) groups is 2. The van der Waals surface area contributed by atoms with E-state index in [4.69, 9.17) is 32.7 Å². The summed E-state index contributed by atoms with van der Waals surface area (Å²) < 4.78 is 39.9. The molecule has 2 heterocycles. The number of ether oxygens (including phenoxy) is 2. The monoisotopic (exact) mass is 596 g/mol. The predicted molar refractivity (Wildman–Crippen MR) is 150 cm³/mol. The number of halogens is 2. The molecule has 1 amide bonds. The maximum atomic E-state index is 14.1. The first kappa shape index (κ1) is 29.8. The number of hydrogen-bond donors (Lipinski definition) is 0. The number of rotatable bonds is 9. The van der Waals surface area contributed by atoms with Gasteiger partial charge in [-0.3, -0.25) is 9.59 Å². The van der Waals surface area contributed by atoms with Gasteiger partial charge < -0.3 is 14.4 Å². The van der Waals surface area contributed by atoms with Gasteiger partial charge in [0.15, 0.2) is 0 Å². The highest BCUT2D eigenvalue weighted by Gasteiger charge is 2.48. The van der Waals surface area contributed by atoms with E-state index in [1.54, 1.807) is 47.4 Å². The second kappa shape index (κ2) is 12.6. The zero-order valence-corrected chi connectivity index (χ0v) is 24.6. The molecule has 0 spiro atoms. The summed E-state index contributed by atoms with van der Waals surface area (Å²) in [6, 6.07) is 12.7. The van der Waals surface area contributed by atoms with E-state index in [1.165, 1.54) is 11.4 Å². The first-order chi connectivity index (χ1) is 18.6. The zero-order chi connectivity index (χ0) is 28.3. The van der Waals surface area contributed by atoms with E-state index in [0.717, 1.165) is 18.4 Å². The number of morpholine rings is 1. The number of esters is 1. The van der Waals surface area contributed by atoms with Crippen LogP contribution in [0.15, 0.2) is 48.5 Å². The maximum Gasteiger partial charge on any atom is 0.308 e. The molecule has 0 saturated carbocycles. The third-order valence-corrected chi connectivity index (χ3v) is 10.1. The van der Waals surface area contributed by atoms with E-state index in [1.807, 2.05) is 19.9 Å². The van der Waals surface area contributed by atoms with Crippen LogP contribution in [0, 0.1) is 0 Å². The second-order valence-electron chi connectivity index (χ2n) is 10.1. The molecule has 8 nitrogen and oxygen atoms in total. The first-order valence-corrected chi connectivity index (χ1v) is 15.5. The van der Waals surface area contributed by atoms with Gasteiger partial charge in [0.25, 0.3) is 5.91 Å². The van der Waals surface area contributed by atoms with Crippen LogP contribution >= 0.6 is 23.2 Å². The Morgan fingerprint density at radius 2 is 1.85 bits per heavy atom. The molecule has 2 saturated heterocycles. The van der Waals surface area contributed by atoms with E-state index >= 15 is 0 Å². The van der Waals surface area contributed by atoms with Crippen molar-refractivity contribution in [2.24, 2.45) is 0 Å². The molecular formula is C28H34Cl2N2O6S. The average molecular weight is 598 g/mol. The Morgan fingerprint density at radius 3 is 2.44 bits per heavy atom. The normalized spacial score (nSPS) is 25.1. The fourth-order valence-electron chi connectivity index (χ4n) is 5.53. The molecule has 5 atom stereocenters. The van der Waals surface area contributed by atoms with Crippen molar-refractivity contribution in [1.82, 2.24) is 9.21 Å². The Morgan fingerprint density at radius 1 is 1.13 bits per heavy atom. The number of hydrogen-bond acceptors (Lipinski definition) is 6. The van der Waals surface area contributed by atoms with Gasteiger partial charge in [0.2, 0.25) is 10.0 Å². The summed E-state index contributed by atoms with van der Waals surface area (Å²) in [6.07, 6.45) is -0.212. The van der Waals surface area contributed by atoms with Gasteiger partial charge in [-0.15, -0.1) is 0 Å². The molecule has 0 aliphatic carbocycles. The molecule has 0 aromatic heterocycles. The summed E-state index contributed by atoms with van der Waals surface area (Å²) in [5.74, 6) is -1.30. The van der Waals surface area contributed by atoms with Crippen molar-refractivity contribution in [2.75, 3.05) is 19.4 Å². The van der Waals surface area contributed by atoms with E-state index in [0.29, 0.717) is 28.6 Å². The van der Waals surface area contributed by atoms with Gasteiger partial charge in [-0.05, 0) is 61.6 Å². The standard InChI is InChI=1S/C28H34Cl2N2O6S/c1-4-23(17-39(35,36)31-14-6-7-18(31)2)32-26(19-10-12-21(29)13-11-19)27(20-8-5-9-22(30)15-20)38-24(28(32)34)16-25(33)37-3/h5,8-13,15,18,23-24,26-27H,4,6-7,14,16-17H2,1-3H3/t18-,23?,24-,26+,27+/m0/s1. The minimum atomic E-state index is -3.67. The summed E-state index contributed by atoms with van der Waals surface area (Å²) in [5, 5.41) is 1.01. The lowest BCUT2D eigenvalue weighted by molar-refractivity contribution is -0.183. The van der Waals surface area contributed by atoms with Crippen LogP contribution in [-0.4, -0.2) is 67.1 Å². The summed E-state index contributed by atoms with van der Waals surface area (Å²) >= 11 is 12.5. The van der Waals surface area contributed by atoms with Crippen LogP contribution in [0.4, 0.5) is 0 Å². The molecule has 0 bridgehead atoms. The number of carbonyl (C=O) groups excluding carboxylic acids is 2. The highest BCUT2D eigenvalue weighted by atomic mass is 35.5. The minimum Gasteiger partial charge on any atom is -0.469 e.